The van der Waals surface area contributed by atoms with Gasteiger partial charge in [0.2, 0.25) is 0 Å². The van der Waals surface area contributed by atoms with Gasteiger partial charge in [-0.25, -0.2) is 9.59 Å². The minimum atomic E-state index is -0.433. The molecule has 37 heavy (non-hydrogen) atoms. The van der Waals surface area contributed by atoms with Crippen LogP contribution in [0.5, 0.6) is 0 Å². The lowest BCUT2D eigenvalue weighted by atomic mass is 10.0. The number of nitrogens with zero attached hydrogens (tertiary/aromatic N) is 1. The molecule has 5 nitrogen and oxygen atoms in total. The van der Waals surface area contributed by atoms with Crippen molar-refractivity contribution in [2.24, 2.45) is 0 Å². The number of unbranched alkanes of at least 4 members (excludes halogenated alkanes) is 11. The third kappa shape index (κ3) is 14.7. The number of ether oxygens (including phenoxy) is 2. The third-order valence-electron chi connectivity index (χ3n) is 6.51. The molecule has 1 aromatic rings. The van der Waals surface area contributed by atoms with Crippen LogP contribution in [0.1, 0.15) is 103 Å². The Morgan fingerprint density at radius 3 is 1.46 bits per heavy atom. The number of carbonyl (C=O) groups is 2. The van der Waals surface area contributed by atoms with E-state index in [0.29, 0.717) is 24.4 Å². The predicted molar refractivity (Wildman–Crippen MR) is 155 cm³/mol. The highest BCUT2D eigenvalue weighted by molar-refractivity contribution is 5.90. The molecule has 208 valence electrons. The van der Waals surface area contributed by atoms with Crippen LogP contribution in [0.15, 0.2) is 48.6 Å². The van der Waals surface area contributed by atoms with Gasteiger partial charge in [0.1, 0.15) is 0 Å². The van der Waals surface area contributed by atoms with Crippen molar-refractivity contribution >= 4 is 17.6 Å². The van der Waals surface area contributed by atoms with Crippen molar-refractivity contribution in [1.82, 2.24) is 0 Å². The fraction of sp³-hybridized carbons (Fsp3) is 0.625. The number of benzene rings is 1. The van der Waals surface area contributed by atoms with Gasteiger partial charge in [0.15, 0.2) is 0 Å². The van der Waals surface area contributed by atoms with Gasteiger partial charge < -0.3 is 14.4 Å². The normalized spacial score (nSPS) is 10.7. The van der Waals surface area contributed by atoms with Crippen molar-refractivity contribution in [1.29, 1.82) is 0 Å². The molecule has 0 aliphatic carbocycles. The van der Waals surface area contributed by atoms with Crippen LogP contribution in [0.4, 0.5) is 5.69 Å². The first-order valence-corrected chi connectivity index (χ1v) is 14.5. The number of carbonyl (C=O) groups excluding carboxylic acids is 2. The van der Waals surface area contributed by atoms with E-state index in [1.54, 1.807) is 13.8 Å². The molecule has 1 rings (SSSR count). The van der Waals surface area contributed by atoms with E-state index in [0.717, 1.165) is 12.1 Å². The zero-order valence-corrected chi connectivity index (χ0v) is 23.8. The quantitative estimate of drug-likeness (QED) is 0.0894. The molecule has 0 heterocycles. The van der Waals surface area contributed by atoms with Gasteiger partial charge in [-0.05, 0) is 44.4 Å². The minimum absolute atomic E-state index is 0.245. The number of aryl methyl sites for hydroxylation is 1. The van der Waals surface area contributed by atoms with E-state index in [1.807, 2.05) is 17.0 Å². The summed E-state index contributed by atoms with van der Waals surface area (Å²) in [6.45, 7) is 14.6. The van der Waals surface area contributed by atoms with Crippen LogP contribution in [0.3, 0.4) is 0 Å². The number of rotatable bonds is 22. The zero-order valence-electron chi connectivity index (χ0n) is 23.8. The summed E-state index contributed by atoms with van der Waals surface area (Å²) < 4.78 is 10.2. The summed E-state index contributed by atoms with van der Waals surface area (Å²) in [4.78, 5) is 26.1. The Morgan fingerprint density at radius 2 is 1.05 bits per heavy atom. The van der Waals surface area contributed by atoms with Gasteiger partial charge in [-0.3, -0.25) is 0 Å². The van der Waals surface area contributed by atoms with Gasteiger partial charge in [-0.1, -0.05) is 103 Å². The minimum Gasteiger partial charge on any atom is -0.463 e. The van der Waals surface area contributed by atoms with E-state index in [4.69, 9.17) is 9.47 Å². The van der Waals surface area contributed by atoms with Crippen LogP contribution in [-0.2, 0) is 25.5 Å². The van der Waals surface area contributed by atoms with Gasteiger partial charge in [-0.2, -0.15) is 0 Å². The summed E-state index contributed by atoms with van der Waals surface area (Å²) in [6, 6.07) is 8.32. The Bertz CT molecular complexity index is 768. The molecule has 5 heteroatoms. The SMILES string of the molecule is C=C(CN(CC(=C)C(=O)OCC)c1ccc(CCCCCCCCCCCCCC)cc1)C(=O)OCC. The summed E-state index contributed by atoms with van der Waals surface area (Å²) in [5.74, 6) is -0.865. The Balaban J connectivity index is 2.49. The molecular formula is C32H51NO4. The lowest BCUT2D eigenvalue weighted by Gasteiger charge is -2.26. The zero-order chi connectivity index (χ0) is 27.3. The third-order valence-corrected chi connectivity index (χ3v) is 6.51. The second-order valence-electron chi connectivity index (χ2n) is 9.81. The second-order valence-corrected chi connectivity index (χ2v) is 9.81. The van der Waals surface area contributed by atoms with Crippen LogP contribution >= 0.6 is 0 Å². The van der Waals surface area contributed by atoms with Crippen molar-refractivity contribution in [3.05, 3.63) is 54.1 Å². The molecule has 0 saturated heterocycles. The number of esters is 2. The molecule has 0 spiro atoms. The fourth-order valence-electron chi connectivity index (χ4n) is 4.34. The van der Waals surface area contributed by atoms with Crippen molar-refractivity contribution in [2.45, 2.75) is 104 Å². The highest BCUT2D eigenvalue weighted by Crippen LogP contribution is 2.20. The highest BCUT2D eigenvalue weighted by Gasteiger charge is 2.18. The molecule has 0 atom stereocenters. The number of hydrogen-bond acceptors (Lipinski definition) is 5. The molecule has 0 bridgehead atoms. The summed E-state index contributed by atoms with van der Waals surface area (Å²) in [6.07, 6.45) is 17.2. The molecule has 0 aromatic heterocycles. The highest BCUT2D eigenvalue weighted by atomic mass is 16.5. The van der Waals surface area contributed by atoms with Crippen LogP contribution in [0.2, 0.25) is 0 Å². The summed E-state index contributed by atoms with van der Waals surface area (Å²) >= 11 is 0. The van der Waals surface area contributed by atoms with E-state index >= 15 is 0 Å². The lowest BCUT2D eigenvalue weighted by molar-refractivity contribution is -0.139. The number of anilines is 1. The van der Waals surface area contributed by atoms with Crippen LogP contribution in [-0.4, -0.2) is 38.2 Å². The molecule has 0 fully saturated rings. The van der Waals surface area contributed by atoms with E-state index in [2.05, 4.69) is 32.2 Å². The van der Waals surface area contributed by atoms with Gasteiger partial charge in [0, 0.05) is 29.9 Å². The van der Waals surface area contributed by atoms with E-state index in [1.165, 1.54) is 82.6 Å². The molecule has 0 amide bonds. The van der Waals surface area contributed by atoms with Gasteiger partial charge in [-0.15, -0.1) is 0 Å². The Kier molecular flexibility index (Phi) is 18.0. The molecule has 1 aromatic carbocycles. The van der Waals surface area contributed by atoms with E-state index in [-0.39, 0.29) is 13.1 Å². The topological polar surface area (TPSA) is 55.8 Å². The van der Waals surface area contributed by atoms with Crippen molar-refractivity contribution < 1.29 is 19.1 Å². The second kappa shape index (κ2) is 20.5. The molecule has 0 unspecified atom stereocenters. The maximum atomic E-state index is 12.1. The summed E-state index contributed by atoms with van der Waals surface area (Å²) in [5.41, 5.74) is 2.86. The smallest absolute Gasteiger partial charge is 0.335 e. The Labute approximate surface area is 226 Å². The lowest BCUT2D eigenvalue weighted by Crippen LogP contribution is -2.32. The molecule has 0 saturated carbocycles. The summed E-state index contributed by atoms with van der Waals surface area (Å²) in [7, 11) is 0. The van der Waals surface area contributed by atoms with Gasteiger partial charge in [0.05, 0.1) is 13.2 Å². The Morgan fingerprint density at radius 1 is 0.649 bits per heavy atom. The van der Waals surface area contributed by atoms with Gasteiger partial charge in [0.25, 0.3) is 0 Å². The largest absolute Gasteiger partial charge is 0.463 e. The van der Waals surface area contributed by atoms with E-state index in [9.17, 15) is 9.59 Å². The van der Waals surface area contributed by atoms with Crippen LogP contribution in [0.25, 0.3) is 0 Å². The molecule has 0 aliphatic rings. The van der Waals surface area contributed by atoms with E-state index < -0.39 is 11.9 Å². The monoisotopic (exact) mass is 513 g/mol. The number of hydrogen-bond donors (Lipinski definition) is 0. The maximum Gasteiger partial charge on any atom is 0.335 e. The van der Waals surface area contributed by atoms with Gasteiger partial charge >= 0.3 is 11.9 Å². The average molecular weight is 514 g/mol. The maximum absolute atomic E-state index is 12.1. The molecular weight excluding hydrogens is 462 g/mol. The molecule has 0 radical (unpaired) electrons. The average Bonchev–Trinajstić information content (AvgIpc) is 2.89. The first kappa shape index (κ1) is 32.5. The van der Waals surface area contributed by atoms with Crippen LogP contribution < -0.4 is 4.90 Å². The first-order valence-electron chi connectivity index (χ1n) is 14.5. The standard InChI is InChI=1S/C32H51NO4/c1-6-9-10-11-12-13-14-15-16-17-18-19-20-29-21-23-30(24-22-29)33(25-27(4)31(34)36-7-2)26-28(5)32(35)37-8-3/h21-24H,4-20,25-26H2,1-3H3. The molecule has 0 aliphatic heterocycles. The first-order chi connectivity index (χ1) is 17.9. The van der Waals surface area contributed by atoms with Crippen molar-refractivity contribution in [3.8, 4) is 0 Å². The van der Waals surface area contributed by atoms with Crippen molar-refractivity contribution in [2.75, 3.05) is 31.2 Å². The predicted octanol–water partition coefficient (Wildman–Crippen LogP) is 7.98. The fourth-order valence-corrected chi connectivity index (χ4v) is 4.34. The van der Waals surface area contributed by atoms with Crippen molar-refractivity contribution in [3.63, 3.8) is 0 Å². The van der Waals surface area contributed by atoms with Crippen LogP contribution in [0, 0.1) is 0 Å². The summed E-state index contributed by atoms with van der Waals surface area (Å²) in [5, 5.41) is 0. The Hall–Kier alpha value is -2.56. The molecule has 0 N–H and O–H groups in total.